The molecule has 0 saturated carbocycles. The monoisotopic (exact) mass is 343 g/mol. The summed E-state index contributed by atoms with van der Waals surface area (Å²) in [6.45, 7) is 0.192. The van der Waals surface area contributed by atoms with Crippen LogP contribution in [0.1, 0.15) is 5.56 Å². The Morgan fingerprint density at radius 1 is 1.23 bits per heavy atom. The highest BCUT2D eigenvalue weighted by atomic mass is 35.5. The van der Waals surface area contributed by atoms with Crippen LogP contribution < -0.4 is 9.46 Å². The van der Waals surface area contributed by atoms with Crippen molar-refractivity contribution in [1.82, 2.24) is 4.72 Å². The van der Waals surface area contributed by atoms with Crippen molar-refractivity contribution in [3.63, 3.8) is 0 Å². The van der Waals surface area contributed by atoms with Crippen LogP contribution in [-0.2, 0) is 16.4 Å². The molecule has 22 heavy (non-hydrogen) atoms. The summed E-state index contributed by atoms with van der Waals surface area (Å²) in [5.74, 6) is 0.0427. The average Bonchev–Trinajstić information content (AvgIpc) is 2.50. The van der Waals surface area contributed by atoms with Gasteiger partial charge in [-0.2, -0.15) is 0 Å². The Bertz CT molecular complexity index is 765. The molecule has 0 saturated heterocycles. The van der Waals surface area contributed by atoms with Crippen LogP contribution in [0, 0.1) is 5.82 Å². The van der Waals surface area contributed by atoms with Gasteiger partial charge >= 0.3 is 0 Å². The van der Waals surface area contributed by atoms with Gasteiger partial charge in [0.2, 0.25) is 10.0 Å². The van der Waals surface area contributed by atoms with Crippen LogP contribution in [0.5, 0.6) is 5.75 Å². The summed E-state index contributed by atoms with van der Waals surface area (Å²) in [7, 11) is -2.17. The first-order valence-electron chi connectivity index (χ1n) is 6.50. The van der Waals surface area contributed by atoms with Crippen molar-refractivity contribution < 1.29 is 17.5 Å². The van der Waals surface area contributed by atoms with Gasteiger partial charge in [0.05, 0.1) is 17.0 Å². The quantitative estimate of drug-likeness (QED) is 0.877. The van der Waals surface area contributed by atoms with E-state index in [1.165, 1.54) is 6.07 Å². The zero-order valence-corrected chi connectivity index (χ0v) is 13.4. The van der Waals surface area contributed by atoms with Crippen LogP contribution in [0.4, 0.5) is 4.39 Å². The third-order valence-corrected chi connectivity index (χ3v) is 4.83. The van der Waals surface area contributed by atoms with Crippen LogP contribution in [0.3, 0.4) is 0 Å². The van der Waals surface area contributed by atoms with E-state index >= 15 is 0 Å². The van der Waals surface area contributed by atoms with Crippen LogP contribution in [0.25, 0.3) is 0 Å². The van der Waals surface area contributed by atoms with Crippen LogP contribution in [0.2, 0.25) is 5.02 Å². The molecule has 7 heteroatoms. The van der Waals surface area contributed by atoms with Gasteiger partial charge in [0.1, 0.15) is 11.6 Å². The Morgan fingerprint density at radius 2 is 1.95 bits per heavy atom. The summed E-state index contributed by atoms with van der Waals surface area (Å²) >= 11 is 5.61. The number of rotatable bonds is 6. The van der Waals surface area contributed by atoms with Gasteiger partial charge < -0.3 is 4.74 Å². The van der Waals surface area contributed by atoms with E-state index in [0.29, 0.717) is 12.2 Å². The molecule has 0 aromatic heterocycles. The molecule has 0 amide bonds. The Kier molecular flexibility index (Phi) is 5.39. The Morgan fingerprint density at radius 3 is 2.64 bits per heavy atom. The van der Waals surface area contributed by atoms with Gasteiger partial charge in [0.25, 0.3) is 0 Å². The molecule has 0 heterocycles. The summed E-state index contributed by atoms with van der Waals surface area (Å²) < 4.78 is 45.0. The second kappa shape index (κ2) is 7.09. The summed E-state index contributed by atoms with van der Waals surface area (Å²) in [6.07, 6.45) is 0.470. The average molecular weight is 344 g/mol. The van der Waals surface area contributed by atoms with Crippen molar-refractivity contribution in [1.29, 1.82) is 0 Å². The second-order valence-electron chi connectivity index (χ2n) is 4.54. The zero-order valence-electron chi connectivity index (χ0n) is 11.8. The molecule has 0 radical (unpaired) electrons. The number of hydrogen-bond donors (Lipinski definition) is 1. The van der Waals surface area contributed by atoms with E-state index in [-0.39, 0.29) is 16.5 Å². The largest absolute Gasteiger partial charge is 0.496 e. The molecule has 118 valence electrons. The van der Waals surface area contributed by atoms with Crippen molar-refractivity contribution >= 4 is 21.6 Å². The molecule has 0 aliphatic rings. The molecule has 2 rings (SSSR count). The van der Waals surface area contributed by atoms with Gasteiger partial charge in [0, 0.05) is 6.54 Å². The van der Waals surface area contributed by atoms with Crippen molar-refractivity contribution in [3.05, 3.63) is 58.9 Å². The molecule has 0 aliphatic heterocycles. The fourth-order valence-corrected chi connectivity index (χ4v) is 3.26. The molecule has 0 bridgehead atoms. The van der Waals surface area contributed by atoms with Gasteiger partial charge in [-0.25, -0.2) is 17.5 Å². The number of para-hydroxylation sites is 1. The summed E-state index contributed by atoms with van der Waals surface area (Å²) in [4.78, 5) is -0.0704. The molecule has 4 nitrogen and oxygen atoms in total. The van der Waals surface area contributed by atoms with E-state index in [2.05, 4.69) is 4.72 Å². The maximum Gasteiger partial charge on any atom is 0.240 e. The summed E-state index contributed by atoms with van der Waals surface area (Å²) in [6, 6.07) is 10.6. The minimum Gasteiger partial charge on any atom is -0.496 e. The fraction of sp³-hybridized carbons (Fsp3) is 0.200. The third-order valence-electron chi connectivity index (χ3n) is 3.08. The van der Waals surface area contributed by atoms with E-state index < -0.39 is 15.8 Å². The maximum atomic E-state index is 13.1. The Hall–Kier alpha value is -1.63. The first-order chi connectivity index (χ1) is 10.4. The topological polar surface area (TPSA) is 55.4 Å². The van der Waals surface area contributed by atoms with Crippen LogP contribution >= 0.6 is 11.6 Å². The van der Waals surface area contributed by atoms with Gasteiger partial charge in [-0.3, -0.25) is 0 Å². The number of nitrogens with one attached hydrogen (secondary N) is 1. The molecule has 0 fully saturated rings. The summed E-state index contributed by atoms with van der Waals surface area (Å²) in [5.41, 5.74) is 0.893. The van der Waals surface area contributed by atoms with Crippen molar-refractivity contribution in [3.8, 4) is 5.75 Å². The first kappa shape index (κ1) is 16.7. The standard InChI is InChI=1S/C15H15ClFNO3S/c1-21-15-5-3-2-4-11(15)8-9-18-22(19,20)12-6-7-14(17)13(16)10-12/h2-7,10,18H,8-9H2,1H3. The molecular formula is C15H15ClFNO3S. The van der Waals surface area contributed by atoms with Gasteiger partial charge in [0.15, 0.2) is 0 Å². The molecule has 2 aromatic carbocycles. The van der Waals surface area contributed by atoms with Gasteiger partial charge in [-0.05, 0) is 36.2 Å². The smallest absolute Gasteiger partial charge is 0.240 e. The highest BCUT2D eigenvalue weighted by Crippen LogP contribution is 2.20. The van der Waals surface area contributed by atoms with Crippen molar-refractivity contribution in [2.45, 2.75) is 11.3 Å². The number of methoxy groups -OCH3 is 1. The highest BCUT2D eigenvalue weighted by Gasteiger charge is 2.15. The lowest BCUT2D eigenvalue weighted by molar-refractivity contribution is 0.409. The minimum atomic E-state index is -3.73. The lowest BCUT2D eigenvalue weighted by Crippen LogP contribution is -2.26. The molecule has 0 atom stereocenters. The Balaban J connectivity index is 2.05. The second-order valence-corrected chi connectivity index (χ2v) is 6.71. The Labute approximate surface area is 133 Å². The summed E-state index contributed by atoms with van der Waals surface area (Å²) in [5, 5.41) is -0.229. The molecule has 0 aliphatic carbocycles. The van der Waals surface area contributed by atoms with Gasteiger partial charge in [-0.15, -0.1) is 0 Å². The number of benzene rings is 2. The van der Waals surface area contributed by atoms with E-state index in [4.69, 9.17) is 16.3 Å². The van der Waals surface area contributed by atoms with E-state index in [9.17, 15) is 12.8 Å². The molecule has 1 N–H and O–H groups in total. The lowest BCUT2D eigenvalue weighted by Gasteiger charge is -2.10. The van der Waals surface area contributed by atoms with Gasteiger partial charge in [-0.1, -0.05) is 29.8 Å². The van der Waals surface area contributed by atoms with Crippen molar-refractivity contribution in [2.24, 2.45) is 0 Å². The maximum absolute atomic E-state index is 13.1. The minimum absolute atomic E-state index is 0.0704. The third kappa shape index (κ3) is 3.97. The lowest BCUT2D eigenvalue weighted by atomic mass is 10.1. The predicted molar refractivity (Wildman–Crippen MR) is 83.3 cm³/mol. The van der Waals surface area contributed by atoms with Crippen molar-refractivity contribution in [2.75, 3.05) is 13.7 Å². The normalized spacial score (nSPS) is 11.4. The fourth-order valence-electron chi connectivity index (χ4n) is 1.96. The SMILES string of the molecule is COc1ccccc1CCNS(=O)(=O)c1ccc(F)c(Cl)c1. The number of halogens is 2. The number of sulfonamides is 1. The van der Waals surface area contributed by atoms with E-state index in [1.807, 2.05) is 24.3 Å². The predicted octanol–water partition coefficient (Wildman–Crippen LogP) is 3.01. The van der Waals surface area contributed by atoms with Crippen LogP contribution in [0.15, 0.2) is 47.4 Å². The molecule has 2 aromatic rings. The van der Waals surface area contributed by atoms with Crippen LogP contribution in [-0.4, -0.2) is 22.1 Å². The zero-order chi connectivity index (χ0) is 16.2. The number of hydrogen-bond acceptors (Lipinski definition) is 3. The number of ether oxygens (including phenoxy) is 1. The van der Waals surface area contributed by atoms with E-state index in [0.717, 1.165) is 17.7 Å². The molecule has 0 spiro atoms. The molecular weight excluding hydrogens is 329 g/mol. The highest BCUT2D eigenvalue weighted by molar-refractivity contribution is 7.89. The molecule has 0 unspecified atom stereocenters. The first-order valence-corrected chi connectivity index (χ1v) is 8.37. The van der Waals surface area contributed by atoms with E-state index in [1.54, 1.807) is 7.11 Å².